The molecule has 0 amide bonds. The van der Waals surface area contributed by atoms with Gasteiger partial charge in [-0.25, -0.2) is 0 Å². The number of ether oxygens (including phenoxy) is 2. The predicted octanol–water partition coefficient (Wildman–Crippen LogP) is 5.17. The molecule has 0 unspecified atom stereocenters. The van der Waals surface area contributed by atoms with Gasteiger partial charge in [-0.3, -0.25) is 4.79 Å². The maximum atomic E-state index is 12.3. The maximum absolute atomic E-state index is 12.3. The summed E-state index contributed by atoms with van der Waals surface area (Å²) in [6.45, 7) is 0.513. The Morgan fingerprint density at radius 2 is 1.65 bits per heavy atom. The largest absolute Gasteiger partial charge is 0.497 e. The lowest BCUT2D eigenvalue weighted by molar-refractivity contribution is 0.104. The Labute approximate surface area is 153 Å². The molecule has 0 aliphatic heterocycles. The van der Waals surface area contributed by atoms with Crippen LogP contribution < -0.4 is 9.47 Å². The van der Waals surface area contributed by atoms with Gasteiger partial charge in [-0.2, -0.15) is 0 Å². The van der Waals surface area contributed by atoms with Crippen molar-refractivity contribution >= 4 is 11.9 Å². The molecule has 3 aromatic rings. The average molecular weight is 344 g/mol. The summed E-state index contributed by atoms with van der Waals surface area (Å²) in [5.74, 6) is 1.45. The summed E-state index contributed by atoms with van der Waals surface area (Å²) < 4.78 is 10.9. The highest BCUT2D eigenvalue weighted by atomic mass is 16.5. The van der Waals surface area contributed by atoms with E-state index in [9.17, 15) is 4.79 Å². The molecule has 0 spiro atoms. The van der Waals surface area contributed by atoms with E-state index in [4.69, 9.17) is 9.47 Å². The third-order valence-corrected chi connectivity index (χ3v) is 3.91. The second-order valence-corrected chi connectivity index (χ2v) is 5.77. The molecule has 130 valence electrons. The van der Waals surface area contributed by atoms with Crippen molar-refractivity contribution in [1.82, 2.24) is 0 Å². The molecule has 0 aromatic heterocycles. The molecule has 3 aromatic carbocycles. The Morgan fingerprint density at radius 3 is 2.38 bits per heavy atom. The van der Waals surface area contributed by atoms with Crippen LogP contribution in [0.5, 0.6) is 11.5 Å². The van der Waals surface area contributed by atoms with Crippen LogP contribution in [0.1, 0.15) is 21.5 Å². The van der Waals surface area contributed by atoms with E-state index in [1.165, 1.54) is 0 Å². The van der Waals surface area contributed by atoms with E-state index in [2.05, 4.69) is 0 Å². The fourth-order valence-corrected chi connectivity index (χ4v) is 2.47. The van der Waals surface area contributed by atoms with Crippen molar-refractivity contribution in [3.63, 3.8) is 0 Å². The molecule has 0 N–H and O–H groups in total. The highest BCUT2D eigenvalue weighted by Crippen LogP contribution is 2.17. The normalized spacial score (nSPS) is 10.7. The van der Waals surface area contributed by atoms with Gasteiger partial charge >= 0.3 is 0 Å². The number of allylic oxidation sites excluding steroid dienone is 1. The van der Waals surface area contributed by atoms with E-state index < -0.39 is 0 Å². The number of ketones is 1. The maximum Gasteiger partial charge on any atom is 0.185 e. The lowest BCUT2D eigenvalue weighted by atomic mass is 10.1. The lowest BCUT2D eigenvalue weighted by Gasteiger charge is -2.07. The van der Waals surface area contributed by atoms with Crippen molar-refractivity contribution in [2.75, 3.05) is 7.11 Å². The zero-order chi connectivity index (χ0) is 18.2. The molecule has 0 heterocycles. The van der Waals surface area contributed by atoms with Crippen LogP contribution in [0, 0.1) is 0 Å². The highest BCUT2D eigenvalue weighted by Gasteiger charge is 2.02. The van der Waals surface area contributed by atoms with Crippen LogP contribution in [0.4, 0.5) is 0 Å². The van der Waals surface area contributed by atoms with Crippen LogP contribution in [0.15, 0.2) is 84.9 Å². The van der Waals surface area contributed by atoms with E-state index in [0.29, 0.717) is 12.2 Å². The van der Waals surface area contributed by atoms with Gasteiger partial charge in [0.15, 0.2) is 5.78 Å². The van der Waals surface area contributed by atoms with Crippen LogP contribution in [0.3, 0.4) is 0 Å². The van der Waals surface area contributed by atoms with Crippen LogP contribution >= 0.6 is 0 Å². The first-order valence-electron chi connectivity index (χ1n) is 8.38. The molecule has 0 aliphatic rings. The van der Waals surface area contributed by atoms with Gasteiger partial charge in [-0.15, -0.1) is 0 Å². The van der Waals surface area contributed by atoms with E-state index >= 15 is 0 Å². The van der Waals surface area contributed by atoms with Gasteiger partial charge in [0.05, 0.1) is 7.11 Å². The SMILES string of the molecule is COc1ccc(C(=O)/C=C/c2cccc(OCc3ccccc3)c2)cc1. The second kappa shape index (κ2) is 8.67. The number of carbonyl (C=O) groups excluding carboxylic acids is 1. The fourth-order valence-electron chi connectivity index (χ4n) is 2.47. The van der Waals surface area contributed by atoms with E-state index in [1.807, 2.05) is 54.6 Å². The Balaban J connectivity index is 1.63. The Kier molecular flexibility index (Phi) is 5.84. The molecule has 26 heavy (non-hydrogen) atoms. The van der Waals surface area contributed by atoms with Crippen molar-refractivity contribution in [3.05, 3.63) is 102 Å². The summed E-state index contributed by atoms with van der Waals surface area (Å²) >= 11 is 0. The lowest BCUT2D eigenvalue weighted by Crippen LogP contribution is -1.95. The zero-order valence-corrected chi connectivity index (χ0v) is 14.6. The van der Waals surface area contributed by atoms with E-state index in [-0.39, 0.29) is 5.78 Å². The molecule has 0 radical (unpaired) electrons. The van der Waals surface area contributed by atoms with E-state index in [1.54, 1.807) is 43.5 Å². The van der Waals surface area contributed by atoms with Crippen LogP contribution in [0.25, 0.3) is 6.08 Å². The molecule has 0 saturated heterocycles. The summed E-state index contributed by atoms with van der Waals surface area (Å²) in [5.41, 5.74) is 2.65. The van der Waals surface area contributed by atoms with Crippen molar-refractivity contribution in [2.24, 2.45) is 0 Å². The second-order valence-electron chi connectivity index (χ2n) is 5.77. The topological polar surface area (TPSA) is 35.5 Å². The van der Waals surface area contributed by atoms with Gasteiger partial charge in [-0.05, 0) is 53.6 Å². The molecule has 3 heteroatoms. The molecule has 0 fully saturated rings. The van der Waals surface area contributed by atoms with Gasteiger partial charge in [0, 0.05) is 5.56 Å². The number of carbonyl (C=O) groups is 1. The Morgan fingerprint density at radius 1 is 0.885 bits per heavy atom. The van der Waals surface area contributed by atoms with Gasteiger partial charge < -0.3 is 9.47 Å². The van der Waals surface area contributed by atoms with Crippen molar-refractivity contribution in [1.29, 1.82) is 0 Å². The minimum atomic E-state index is -0.0525. The first kappa shape index (κ1) is 17.5. The molecular weight excluding hydrogens is 324 g/mol. The minimum absolute atomic E-state index is 0.0525. The number of rotatable bonds is 7. The predicted molar refractivity (Wildman–Crippen MR) is 104 cm³/mol. The number of benzene rings is 3. The van der Waals surface area contributed by atoms with Gasteiger partial charge in [0.2, 0.25) is 0 Å². The van der Waals surface area contributed by atoms with Crippen molar-refractivity contribution in [2.45, 2.75) is 6.61 Å². The molecule has 0 bridgehead atoms. The summed E-state index contributed by atoms with van der Waals surface area (Å²) in [7, 11) is 1.60. The molecule has 3 nitrogen and oxygen atoms in total. The molecular formula is C23H20O3. The quantitative estimate of drug-likeness (QED) is 0.438. The molecule has 0 aliphatic carbocycles. The first-order chi connectivity index (χ1) is 12.7. The van der Waals surface area contributed by atoms with E-state index in [0.717, 1.165) is 22.6 Å². The first-order valence-corrected chi connectivity index (χ1v) is 8.38. The monoisotopic (exact) mass is 344 g/mol. The minimum Gasteiger partial charge on any atom is -0.497 e. The van der Waals surface area contributed by atoms with Gasteiger partial charge in [0.25, 0.3) is 0 Å². The summed E-state index contributed by atoms with van der Waals surface area (Å²) in [6.07, 6.45) is 3.36. The smallest absolute Gasteiger partial charge is 0.185 e. The van der Waals surface area contributed by atoms with Crippen LogP contribution in [-0.4, -0.2) is 12.9 Å². The molecule has 3 rings (SSSR count). The van der Waals surface area contributed by atoms with Gasteiger partial charge in [0.1, 0.15) is 18.1 Å². The van der Waals surface area contributed by atoms with Crippen molar-refractivity contribution < 1.29 is 14.3 Å². The summed E-state index contributed by atoms with van der Waals surface area (Å²) in [5, 5.41) is 0. The number of methoxy groups -OCH3 is 1. The zero-order valence-electron chi connectivity index (χ0n) is 14.6. The summed E-state index contributed by atoms with van der Waals surface area (Å²) in [6, 6.07) is 24.7. The number of hydrogen-bond donors (Lipinski definition) is 0. The van der Waals surface area contributed by atoms with Crippen molar-refractivity contribution in [3.8, 4) is 11.5 Å². The standard InChI is InChI=1S/C23H20O3/c1-25-21-13-11-20(12-14-21)23(24)15-10-18-8-5-9-22(16-18)26-17-19-6-3-2-4-7-19/h2-16H,17H2,1H3/b15-10+. The molecule has 0 atom stereocenters. The van der Waals surface area contributed by atoms with Gasteiger partial charge in [-0.1, -0.05) is 48.5 Å². The average Bonchev–Trinajstić information content (AvgIpc) is 2.71. The fraction of sp³-hybridized carbons (Fsp3) is 0.0870. The Bertz CT molecular complexity index is 881. The Hall–Kier alpha value is -3.33. The third-order valence-electron chi connectivity index (χ3n) is 3.91. The third kappa shape index (κ3) is 4.84. The summed E-state index contributed by atoms with van der Waals surface area (Å²) in [4.78, 5) is 12.3. The van der Waals surface area contributed by atoms with Crippen LogP contribution in [-0.2, 0) is 6.61 Å². The van der Waals surface area contributed by atoms with Crippen LogP contribution in [0.2, 0.25) is 0 Å². The molecule has 0 saturated carbocycles. The highest BCUT2D eigenvalue weighted by molar-refractivity contribution is 6.06. The number of hydrogen-bond acceptors (Lipinski definition) is 3.